The molecular weight excluding hydrogens is 494 g/mol. The van der Waals surface area contributed by atoms with Gasteiger partial charge in [0.25, 0.3) is 5.91 Å². The van der Waals surface area contributed by atoms with Gasteiger partial charge in [-0.3, -0.25) is 10.1 Å². The number of nitrogens with zero attached hydrogens (tertiary/aromatic N) is 4. The molecule has 0 spiro atoms. The Hall–Kier alpha value is -3.96. The lowest BCUT2D eigenvalue weighted by Gasteiger charge is -2.18. The number of carbonyl (C=O) groups excluding carboxylic acids is 1. The molecule has 5 rings (SSSR count). The van der Waals surface area contributed by atoms with Crippen LogP contribution in [0, 0.1) is 25.2 Å². The van der Waals surface area contributed by atoms with Gasteiger partial charge in [-0.05, 0) is 50.5 Å². The summed E-state index contributed by atoms with van der Waals surface area (Å²) in [7, 11) is 0. The number of para-hydroxylation sites is 1. The van der Waals surface area contributed by atoms with Gasteiger partial charge in [0.15, 0.2) is 0 Å². The predicted molar refractivity (Wildman–Crippen MR) is 151 cm³/mol. The first-order valence-electron chi connectivity index (χ1n) is 13.1. The number of aromatic nitrogens is 3. The Bertz CT molecular complexity index is 1520. The van der Waals surface area contributed by atoms with E-state index in [1.807, 2.05) is 49.5 Å². The number of nitrogens with one attached hydrogen (secondary N) is 1. The van der Waals surface area contributed by atoms with Gasteiger partial charge in [-0.2, -0.15) is 5.26 Å². The molecule has 0 aliphatic heterocycles. The van der Waals surface area contributed by atoms with Crippen LogP contribution < -0.4 is 10.1 Å². The van der Waals surface area contributed by atoms with Crippen LogP contribution in [-0.4, -0.2) is 27.3 Å². The Morgan fingerprint density at radius 3 is 2.79 bits per heavy atom. The van der Waals surface area contributed by atoms with E-state index in [9.17, 15) is 10.1 Å². The number of ether oxygens (including phenoxy) is 1. The van der Waals surface area contributed by atoms with Crippen LogP contribution in [0.15, 0.2) is 54.2 Å². The van der Waals surface area contributed by atoms with Crippen LogP contribution in [0.2, 0.25) is 0 Å². The third-order valence-corrected chi connectivity index (χ3v) is 8.02. The van der Waals surface area contributed by atoms with E-state index in [4.69, 9.17) is 4.74 Å². The zero-order chi connectivity index (χ0) is 26.5. The quantitative estimate of drug-likeness (QED) is 0.202. The van der Waals surface area contributed by atoms with E-state index < -0.39 is 5.91 Å². The predicted octanol–water partition coefficient (Wildman–Crippen LogP) is 6.78. The number of carbonyl (C=O) groups is 1. The zero-order valence-electron chi connectivity index (χ0n) is 21.7. The highest BCUT2D eigenvalue weighted by Crippen LogP contribution is 2.35. The summed E-state index contributed by atoms with van der Waals surface area (Å²) in [6.07, 6.45) is 9.52. The Morgan fingerprint density at radius 1 is 1.18 bits per heavy atom. The van der Waals surface area contributed by atoms with Gasteiger partial charge >= 0.3 is 0 Å². The van der Waals surface area contributed by atoms with E-state index in [1.165, 1.54) is 36.2 Å². The van der Waals surface area contributed by atoms with Crippen molar-refractivity contribution >= 4 is 39.4 Å². The van der Waals surface area contributed by atoms with Crippen molar-refractivity contribution < 1.29 is 9.53 Å². The number of hydrogen-bond acceptors (Lipinski definition) is 6. The molecule has 194 valence electrons. The van der Waals surface area contributed by atoms with Crippen LogP contribution in [0.1, 0.15) is 59.7 Å². The molecule has 2 heterocycles. The normalized spacial score (nSPS) is 14.4. The minimum atomic E-state index is -0.478. The van der Waals surface area contributed by atoms with E-state index in [0.29, 0.717) is 24.2 Å². The summed E-state index contributed by atoms with van der Waals surface area (Å²) in [5.74, 6) is 0.815. The van der Waals surface area contributed by atoms with Gasteiger partial charge in [0.2, 0.25) is 5.13 Å². The van der Waals surface area contributed by atoms with Crippen LogP contribution in [0.3, 0.4) is 0 Å². The average Bonchev–Trinajstić information content (AvgIpc) is 3.54. The van der Waals surface area contributed by atoms with E-state index >= 15 is 0 Å². The Morgan fingerprint density at radius 2 is 2.00 bits per heavy atom. The molecule has 2 aromatic carbocycles. The van der Waals surface area contributed by atoms with Gasteiger partial charge in [-0.25, -0.2) is 0 Å². The maximum absolute atomic E-state index is 13.0. The fraction of sp³-hybridized carbons (Fsp3) is 0.333. The first-order chi connectivity index (χ1) is 18.5. The van der Waals surface area contributed by atoms with E-state index in [2.05, 4.69) is 39.1 Å². The van der Waals surface area contributed by atoms with E-state index in [0.717, 1.165) is 45.6 Å². The Kier molecular flexibility index (Phi) is 7.85. The van der Waals surface area contributed by atoms with Gasteiger partial charge < -0.3 is 9.30 Å². The molecule has 1 N–H and O–H groups in total. The van der Waals surface area contributed by atoms with Crippen molar-refractivity contribution in [1.82, 2.24) is 14.8 Å². The standard InChI is InChI=1S/C30H31N5O2S/c1-20-12-13-27(21(2)16-20)37-15-14-35-19-24(25-10-6-7-11-26(25)35)17-23(18-31)28(36)32-30-34-33-29(38-30)22-8-4-3-5-9-22/h6-7,10-13,16-17,19,22H,3-5,8-9,14-15H2,1-2H3,(H,32,34,36). The third kappa shape index (κ3) is 5.79. The molecule has 0 atom stereocenters. The van der Waals surface area contributed by atoms with Gasteiger partial charge in [0.1, 0.15) is 29.0 Å². The number of fused-ring (bicyclic) bond motifs is 1. The van der Waals surface area contributed by atoms with Gasteiger partial charge in [0.05, 0.1) is 6.54 Å². The van der Waals surface area contributed by atoms with Crippen LogP contribution >= 0.6 is 11.3 Å². The second kappa shape index (κ2) is 11.6. The molecule has 7 nitrogen and oxygen atoms in total. The topological polar surface area (TPSA) is 92.8 Å². The maximum atomic E-state index is 13.0. The summed E-state index contributed by atoms with van der Waals surface area (Å²) in [5.41, 5.74) is 4.16. The molecule has 1 aliphatic rings. The Labute approximate surface area is 226 Å². The molecule has 2 aromatic heterocycles. The van der Waals surface area contributed by atoms with Crippen molar-refractivity contribution in [2.75, 3.05) is 11.9 Å². The number of amides is 1. The molecule has 0 unspecified atom stereocenters. The van der Waals surface area contributed by atoms with Crippen LogP contribution in [0.5, 0.6) is 5.75 Å². The van der Waals surface area contributed by atoms with E-state index in [1.54, 1.807) is 6.08 Å². The summed E-state index contributed by atoms with van der Waals surface area (Å²) in [4.78, 5) is 13.0. The monoisotopic (exact) mass is 525 g/mol. The fourth-order valence-corrected chi connectivity index (χ4v) is 5.97. The SMILES string of the molecule is Cc1ccc(OCCn2cc(C=C(C#N)C(=O)Nc3nnc(C4CCCCC4)s3)c3ccccc32)c(C)c1. The molecule has 8 heteroatoms. The Balaban J connectivity index is 1.31. The van der Waals surface area contributed by atoms with Gasteiger partial charge in [-0.1, -0.05) is 66.5 Å². The van der Waals surface area contributed by atoms with Crippen molar-refractivity contribution in [2.45, 2.75) is 58.4 Å². The highest BCUT2D eigenvalue weighted by atomic mass is 32.1. The molecular formula is C30H31N5O2S. The average molecular weight is 526 g/mol. The molecule has 0 radical (unpaired) electrons. The third-order valence-electron chi connectivity index (χ3n) is 7.02. The lowest BCUT2D eigenvalue weighted by molar-refractivity contribution is -0.112. The van der Waals surface area contributed by atoms with Gasteiger partial charge in [0, 0.05) is 28.6 Å². The highest BCUT2D eigenvalue weighted by molar-refractivity contribution is 7.15. The maximum Gasteiger partial charge on any atom is 0.268 e. The number of benzene rings is 2. The smallest absolute Gasteiger partial charge is 0.268 e. The van der Waals surface area contributed by atoms with Crippen molar-refractivity contribution in [2.24, 2.45) is 0 Å². The van der Waals surface area contributed by atoms with Crippen LogP contribution in [-0.2, 0) is 11.3 Å². The lowest BCUT2D eigenvalue weighted by Crippen LogP contribution is -2.13. The molecule has 1 saturated carbocycles. The van der Waals surface area contributed by atoms with Gasteiger partial charge in [-0.15, -0.1) is 10.2 Å². The molecule has 1 aliphatic carbocycles. The minimum absolute atomic E-state index is 0.0221. The van der Waals surface area contributed by atoms with E-state index in [-0.39, 0.29) is 5.57 Å². The van der Waals surface area contributed by atoms with Crippen LogP contribution in [0.25, 0.3) is 17.0 Å². The fourth-order valence-electron chi connectivity index (χ4n) is 5.06. The van der Waals surface area contributed by atoms with Crippen molar-refractivity contribution in [3.8, 4) is 11.8 Å². The second-order valence-electron chi connectivity index (χ2n) is 9.82. The zero-order valence-corrected chi connectivity index (χ0v) is 22.6. The summed E-state index contributed by atoms with van der Waals surface area (Å²) in [5, 5.41) is 23.4. The molecule has 1 fully saturated rings. The van der Waals surface area contributed by atoms with Crippen LogP contribution in [0.4, 0.5) is 5.13 Å². The van der Waals surface area contributed by atoms with Crippen molar-refractivity contribution in [3.05, 3.63) is 75.9 Å². The molecule has 0 bridgehead atoms. The number of aryl methyl sites for hydroxylation is 2. The minimum Gasteiger partial charge on any atom is -0.491 e. The van der Waals surface area contributed by atoms with Crippen molar-refractivity contribution in [3.63, 3.8) is 0 Å². The summed E-state index contributed by atoms with van der Waals surface area (Å²) < 4.78 is 8.14. The summed E-state index contributed by atoms with van der Waals surface area (Å²) in [6, 6.07) is 16.2. The first kappa shape index (κ1) is 25.7. The number of hydrogen-bond donors (Lipinski definition) is 1. The van der Waals surface area contributed by atoms with Crippen molar-refractivity contribution in [1.29, 1.82) is 5.26 Å². The summed E-state index contributed by atoms with van der Waals surface area (Å²) in [6.45, 7) is 5.24. The highest BCUT2D eigenvalue weighted by Gasteiger charge is 2.21. The molecule has 0 saturated heterocycles. The lowest BCUT2D eigenvalue weighted by atomic mass is 9.90. The molecule has 4 aromatic rings. The summed E-state index contributed by atoms with van der Waals surface area (Å²) >= 11 is 1.41. The number of anilines is 1. The first-order valence-corrected chi connectivity index (χ1v) is 13.9. The number of nitriles is 1. The largest absolute Gasteiger partial charge is 0.491 e. The molecule has 1 amide bonds. The second-order valence-corrected chi connectivity index (χ2v) is 10.8. The number of rotatable bonds is 8. The molecule has 38 heavy (non-hydrogen) atoms.